The molecule has 0 radical (unpaired) electrons. The lowest BCUT2D eigenvalue weighted by Gasteiger charge is -2.29. The molecule has 0 heterocycles. The van der Waals surface area contributed by atoms with Crippen LogP contribution in [0.4, 0.5) is 0 Å². The number of ether oxygens (including phenoxy) is 1. The minimum absolute atomic E-state index is 0.0500. The highest BCUT2D eigenvalue weighted by molar-refractivity contribution is 6.36. The van der Waals surface area contributed by atoms with Gasteiger partial charge in [-0.1, -0.05) is 49.0 Å². The molecule has 0 spiro atoms. The summed E-state index contributed by atoms with van der Waals surface area (Å²) in [6, 6.07) is 5.20. The van der Waals surface area contributed by atoms with E-state index in [0.29, 0.717) is 21.5 Å². The first kappa shape index (κ1) is 18.1. The van der Waals surface area contributed by atoms with Crippen LogP contribution in [0.1, 0.15) is 38.2 Å². The highest BCUT2D eigenvalue weighted by atomic mass is 35.5. The van der Waals surface area contributed by atoms with Crippen molar-refractivity contribution in [2.75, 3.05) is 6.61 Å². The Hall–Kier alpha value is -1.26. The molecular weight excluding hydrogens is 337 g/mol. The number of carbonyl (C=O) groups is 2. The van der Waals surface area contributed by atoms with Gasteiger partial charge in [0.25, 0.3) is 5.91 Å². The summed E-state index contributed by atoms with van der Waals surface area (Å²) < 4.78 is 5.03. The third kappa shape index (κ3) is 5.40. The van der Waals surface area contributed by atoms with Crippen molar-refractivity contribution in [2.24, 2.45) is 5.92 Å². The lowest BCUT2D eigenvalue weighted by molar-refractivity contribution is -0.148. The number of hydrogen-bond acceptors (Lipinski definition) is 3. The number of hydrogen-bond donors (Lipinski definition) is 1. The zero-order chi connectivity index (χ0) is 16.8. The van der Waals surface area contributed by atoms with Crippen LogP contribution in [0.3, 0.4) is 0 Å². The van der Waals surface area contributed by atoms with Gasteiger partial charge in [0.2, 0.25) is 0 Å². The first-order chi connectivity index (χ1) is 11.0. The lowest BCUT2D eigenvalue weighted by atomic mass is 9.86. The Morgan fingerprint density at radius 3 is 2.52 bits per heavy atom. The van der Waals surface area contributed by atoms with Crippen molar-refractivity contribution in [3.05, 3.63) is 33.8 Å². The van der Waals surface area contributed by atoms with Crippen molar-refractivity contribution in [1.82, 2.24) is 5.32 Å². The van der Waals surface area contributed by atoms with E-state index in [-0.39, 0.29) is 25.0 Å². The van der Waals surface area contributed by atoms with E-state index >= 15 is 0 Å². The fourth-order valence-electron chi connectivity index (χ4n) is 2.82. The molecule has 1 fully saturated rings. The van der Waals surface area contributed by atoms with Crippen molar-refractivity contribution in [2.45, 2.75) is 45.1 Å². The zero-order valence-electron chi connectivity index (χ0n) is 13.1. The molecule has 0 aromatic heterocycles. The summed E-state index contributed by atoms with van der Waals surface area (Å²) in [5.74, 6) is -0.320. The van der Waals surface area contributed by atoms with E-state index in [9.17, 15) is 9.59 Å². The van der Waals surface area contributed by atoms with Gasteiger partial charge in [-0.2, -0.15) is 0 Å². The van der Waals surface area contributed by atoms with Gasteiger partial charge in [-0.05, 0) is 30.9 Å². The monoisotopic (exact) mass is 357 g/mol. The molecule has 0 bridgehead atoms. The van der Waals surface area contributed by atoms with Gasteiger partial charge in [-0.15, -0.1) is 0 Å². The van der Waals surface area contributed by atoms with Crippen LogP contribution in [-0.4, -0.2) is 24.5 Å². The number of esters is 1. The molecule has 2 atom stereocenters. The highest BCUT2D eigenvalue weighted by Gasteiger charge is 2.23. The Bertz CT molecular complexity index is 557. The molecule has 6 heteroatoms. The molecule has 1 aromatic carbocycles. The Morgan fingerprint density at radius 1 is 1.22 bits per heavy atom. The molecule has 0 saturated heterocycles. The highest BCUT2D eigenvalue weighted by Crippen LogP contribution is 2.25. The van der Waals surface area contributed by atoms with Crippen LogP contribution in [-0.2, 0) is 20.7 Å². The molecule has 0 unspecified atom stereocenters. The third-order valence-corrected chi connectivity index (χ3v) is 4.91. The number of rotatable bonds is 5. The van der Waals surface area contributed by atoms with Crippen molar-refractivity contribution in [3.63, 3.8) is 0 Å². The van der Waals surface area contributed by atoms with E-state index in [0.717, 1.165) is 19.3 Å². The summed E-state index contributed by atoms with van der Waals surface area (Å²) in [5, 5.41) is 3.77. The third-order valence-electron chi connectivity index (χ3n) is 4.20. The van der Waals surface area contributed by atoms with Crippen LogP contribution < -0.4 is 5.32 Å². The number of benzene rings is 1. The maximum Gasteiger partial charge on any atom is 0.310 e. The summed E-state index contributed by atoms with van der Waals surface area (Å²) >= 11 is 12.0. The van der Waals surface area contributed by atoms with Gasteiger partial charge in [0.15, 0.2) is 6.61 Å². The SMILES string of the molecule is C[C@@H]1CCCC[C@H]1NC(=O)COC(=O)Cc1c(Cl)cccc1Cl. The topological polar surface area (TPSA) is 55.4 Å². The van der Waals surface area contributed by atoms with Crippen LogP contribution in [0, 0.1) is 5.92 Å². The summed E-state index contributed by atoms with van der Waals surface area (Å²) in [7, 11) is 0. The second kappa shape index (κ2) is 8.55. The van der Waals surface area contributed by atoms with Crippen LogP contribution in [0.2, 0.25) is 10.0 Å². The second-order valence-corrected chi connectivity index (χ2v) is 6.79. The van der Waals surface area contributed by atoms with Crippen LogP contribution >= 0.6 is 23.2 Å². The fraction of sp³-hybridized carbons (Fsp3) is 0.529. The smallest absolute Gasteiger partial charge is 0.310 e. The molecule has 1 aliphatic carbocycles. The van der Waals surface area contributed by atoms with Crippen LogP contribution in [0.5, 0.6) is 0 Å². The average molecular weight is 358 g/mol. The van der Waals surface area contributed by atoms with E-state index in [1.54, 1.807) is 18.2 Å². The van der Waals surface area contributed by atoms with Crippen molar-refractivity contribution >= 4 is 35.1 Å². The van der Waals surface area contributed by atoms with E-state index in [1.807, 2.05) is 0 Å². The molecule has 1 aliphatic rings. The summed E-state index contributed by atoms with van der Waals surface area (Å²) in [5.41, 5.74) is 0.516. The van der Waals surface area contributed by atoms with Gasteiger partial charge < -0.3 is 10.1 Å². The predicted octanol–water partition coefficient (Wildman–Crippen LogP) is 3.77. The number of halogens is 2. The van der Waals surface area contributed by atoms with Gasteiger partial charge in [-0.3, -0.25) is 9.59 Å². The van der Waals surface area contributed by atoms with E-state index < -0.39 is 5.97 Å². The Kier molecular flexibility index (Phi) is 6.72. The molecule has 1 aromatic rings. The Labute approximate surface area is 146 Å². The zero-order valence-corrected chi connectivity index (χ0v) is 14.6. The van der Waals surface area contributed by atoms with Crippen LogP contribution in [0.15, 0.2) is 18.2 Å². The number of carbonyl (C=O) groups excluding carboxylic acids is 2. The number of amides is 1. The van der Waals surface area contributed by atoms with E-state index in [1.165, 1.54) is 6.42 Å². The quantitative estimate of drug-likeness (QED) is 0.815. The molecule has 0 aliphatic heterocycles. The molecule has 4 nitrogen and oxygen atoms in total. The summed E-state index contributed by atoms with van der Waals surface area (Å²) in [6.07, 6.45) is 4.39. The minimum atomic E-state index is -0.521. The van der Waals surface area contributed by atoms with Crippen molar-refractivity contribution < 1.29 is 14.3 Å². The first-order valence-electron chi connectivity index (χ1n) is 7.85. The summed E-state index contributed by atoms with van der Waals surface area (Å²) in [6.45, 7) is 1.86. The normalized spacial score (nSPS) is 20.8. The lowest BCUT2D eigenvalue weighted by Crippen LogP contribution is -2.43. The van der Waals surface area contributed by atoms with E-state index in [4.69, 9.17) is 27.9 Å². The molecule has 1 amide bonds. The predicted molar refractivity (Wildman–Crippen MR) is 90.7 cm³/mol. The van der Waals surface area contributed by atoms with Gasteiger partial charge >= 0.3 is 5.97 Å². The minimum Gasteiger partial charge on any atom is -0.455 e. The Morgan fingerprint density at radius 2 is 1.87 bits per heavy atom. The van der Waals surface area contributed by atoms with Gasteiger partial charge in [0, 0.05) is 21.7 Å². The fourth-order valence-corrected chi connectivity index (χ4v) is 3.35. The van der Waals surface area contributed by atoms with E-state index in [2.05, 4.69) is 12.2 Å². The van der Waals surface area contributed by atoms with Gasteiger partial charge in [0.1, 0.15) is 0 Å². The molecule has 2 rings (SSSR count). The van der Waals surface area contributed by atoms with Crippen molar-refractivity contribution in [3.8, 4) is 0 Å². The molecule has 1 saturated carbocycles. The standard InChI is InChI=1S/C17H21Cl2NO3/c1-11-5-2-3-8-15(11)20-16(21)10-23-17(22)9-12-13(18)6-4-7-14(12)19/h4,6-7,11,15H,2-3,5,8-10H2,1H3,(H,20,21)/t11-,15-/m1/s1. The average Bonchev–Trinajstić information content (AvgIpc) is 2.51. The van der Waals surface area contributed by atoms with Gasteiger partial charge in [0.05, 0.1) is 6.42 Å². The molecular formula is C17H21Cl2NO3. The molecule has 1 N–H and O–H groups in total. The maximum atomic E-state index is 11.9. The van der Waals surface area contributed by atoms with Crippen LogP contribution in [0.25, 0.3) is 0 Å². The largest absolute Gasteiger partial charge is 0.455 e. The first-order valence-corrected chi connectivity index (χ1v) is 8.61. The maximum absolute atomic E-state index is 11.9. The molecule has 126 valence electrons. The molecule has 23 heavy (non-hydrogen) atoms. The summed E-state index contributed by atoms with van der Waals surface area (Å²) in [4.78, 5) is 23.8. The second-order valence-electron chi connectivity index (χ2n) is 5.97. The van der Waals surface area contributed by atoms with Gasteiger partial charge in [-0.25, -0.2) is 0 Å². The number of nitrogens with one attached hydrogen (secondary N) is 1. The van der Waals surface area contributed by atoms with Crippen molar-refractivity contribution in [1.29, 1.82) is 0 Å². The Balaban J connectivity index is 1.78.